The van der Waals surface area contributed by atoms with Gasteiger partial charge in [-0.1, -0.05) is 48.5 Å². The van der Waals surface area contributed by atoms with Crippen LogP contribution in [0.15, 0.2) is 59.6 Å². The quantitative estimate of drug-likeness (QED) is 0.862. The van der Waals surface area contributed by atoms with Crippen LogP contribution in [-0.2, 0) is 4.79 Å². The van der Waals surface area contributed by atoms with Gasteiger partial charge < -0.3 is 15.5 Å². The van der Waals surface area contributed by atoms with Gasteiger partial charge in [-0.25, -0.2) is 4.79 Å². The van der Waals surface area contributed by atoms with Crippen molar-refractivity contribution in [3.63, 3.8) is 0 Å². The first-order chi connectivity index (χ1) is 13.1. The number of rotatable bonds is 2. The fourth-order valence-corrected chi connectivity index (χ4v) is 3.58. The number of aryl methyl sites for hydroxylation is 1. The Morgan fingerprint density at radius 2 is 1.74 bits per heavy atom. The number of anilines is 1. The third kappa shape index (κ3) is 3.43. The van der Waals surface area contributed by atoms with Crippen LogP contribution in [0.3, 0.4) is 0 Å². The molecule has 0 radical (unpaired) electrons. The largest absolute Gasteiger partial charge is 0.326 e. The van der Waals surface area contributed by atoms with Gasteiger partial charge in [-0.2, -0.15) is 0 Å². The second-order valence-corrected chi connectivity index (χ2v) is 7.04. The molecule has 6 heteroatoms. The van der Waals surface area contributed by atoms with Crippen LogP contribution in [-0.4, -0.2) is 41.3 Å². The summed E-state index contributed by atoms with van der Waals surface area (Å²) in [6.07, 6.45) is 1.21. The van der Waals surface area contributed by atoms with Gasteiger partial charge in [0.1, 0.15) is 11.4 Å². The molecule has 2 heterocycles. The van der Waals surface area contributed by atoms with Gasteiger partial charge in [0.2, 0.25) is 0 Å². The number of benzene rings is 2. The highest BCUT2D eigenvalue weighted by Crippen LogP contribution is 2.29. The molecule has 2 aliphatic rings. The number of piperidine rings is 1. The number of nitrogens with zero attached hydrogens (tertiary/aromatic N) is 2. The second-order valence-electron chi connectivity index (χ2n) is 7.04. The van der Waals surface area contributed by atoms with E-state index in [9.17, 15) is 9.59 Å². The van der Waals surface area contributed by atoms with Crippen molar-refractivity contribution in [2.75, 3.05) is 18.4 Å². The first-order valence-corrected chi connectivity index (χ1v) is 9.16. The highest BCUT2D eigenvalue weighted by atomic mass is 16.2. The number of urea groups is 1. The highest BCUT2D eigenvalue weighted by Gasteiger charge is 2.42. The highest BCUT2D eigenvalue weighted by molar-refractivity contribution is 6.46. The molecule has 0 atom stereocenters. The average molecular weight is 362 g/mol. The second kappa shape index (κ2) is 6.87. The third-order valence-electron chi connectivity index (χ3n) is 5.20. The Bertz CT molecular complexity index is 899. The van der Waals surface area contributed by atoms with Gasteiger partial charge in [0.25, 0.3) is 5.91 Å². The van der Waals surface area contributed by atoms with Gasteiger partial charge >= 0.3 is 6.03 Å². The SMILES string of the molecule is Cc1ccccc1NC(=O)N1CCC2(CC1)N=C(c1ccccc1)C(=O)N2. The van der Waals surface area contributed by atoms with E-state index in [2.05, 4.69) is 10.6 Å². The van der Waals surface area contributed by atoms with E-state index >= 15 is 0 Å². The lowest BCUT2D eigenvalue weighted by Gasteiger charge is -2.37. The number of likely N-dealkylation sites (tertiary alicyclic amines) is 1. The van der Waals surface area contributed by atoms with E-state index in [4.69, 9.17) is 4.99 Å². The maximum atomic E-state index is 12.6. The Labute approximate surface area is 158 Å². The van der Waals surface area contributed by atoms with Gasteiger partial charge in [0.15, 0.2) is 0 Å². The number of hydrogen-bond donors (Lipinski definition) is 2. The van der Waals surface area contributed by atoms with Crippen molar-refractivity contribution in [2.45, 2.75) is 25.4 Å². The molecular weight excluding hydrogens is 340 g/mol. The zero-order valence-electron chi connectivity index (χ0n) is 15.2. The van der Waals surface area contributed by atoms with Crippen molar-refractivity contribution >= 4 is 23.3 Å². The topological polar surface area (TPSA) is 73.8 Å². The van der Waals surface area contributed by atoms with E-state index in [1.165, 1.54) is 0 Å². The number of carbonyl (C=O) groups excluding carboxylic acids is 2. The predicted octanol–water partition coefficient (Wildman–Crippen LogP) is 2.94. The predicted molar refractivity (Wildman–Crippen MR) is 105 cm³/mol. The van der Waals surface area contributed by atoms with E-state index in [1.807, 2.05) is 61.5 Å². The first-order valence-electron chi connectivity index (χ1n) is 9.16. The lowest BCUT2D eigenvalue weighted by Crippen LogP contribution is -2.53. The van der Waals surface area contributed by atoms with E-state index in [-0.39, 0.29) is 11.9 Å². The van der Waals surface area contributed by atoms with Crippen molar-refractivity contribution < 1.29 is 9.59 Å². The molecule has 2 N–H and O–H groups in total. The molecule has 2 aromatic carbocycles. The Balaban J connectivity index is 1.43. The van der Waals surface area contributed by atoms with Gasteiger partial charge in [0.05, 0.1) is 0 Å². The molecule has 138 valence electrons. The summed E-state index contributed by atoms with van der Waals surface area (Å²) in [7, 11) is 0. The van der Waals surface area contributed by atoms with Crippen molar-refractivity contribution in [1.82, 2.24) is 10.2 Å². The van der Waals surface area contributed by atoms with Crippen molar-refractivity contribution in [2.24, 2.45) is 4.99 Å². The number of nitrogens with one attached hydrogen (secondary N) is 2. The fourth-order valence-electron chi connectivity index (χ4n) is 3.58. The standard InChI is InChI=1S/C21H22N4O2/c1-15-7-5-6-10-17(15)22-20(27)25-13-11-21(12-14-25)23-18(19(26)24-21)16-8-3-2-4-9-16/h2-10H,11-14H2,1H3,(H,22,27)(H,24,26). The molecule has 2 aliphatic heterocycles. The molecular formula is C21H22N4O2. The van der Waals surface area contributed by atoms with Crippen molar-refractivity contribution in [3.8, 4) is 0 Å². The Hall–Kier alpha value is -3.15. The minimum Gasteiger partial charge on any atom is -0.326 e. The van der Waals surface area contributed by atoms with E-state index in [1.54, 1.807) is 4.90 Å². The van der Waals surface area contributed by atoms with Crippen LogP contribution in [0.2, 0.25) is 0 Å². The summed E-state index contributed by atoms with van der Waals surface area (Å²) in [5.74, 6) is -0.140. The minimum atomic E-state index is -0.596. The summed E-state index contributed by atoms with van der Waals surface area (Å²) in [5.41, 5.74) is 2.56. The fraction of sp³-hybridized carbons (Fsp3) is 0.286. The van der Waals surface area contributed by atoms with Crippen LogP contribution >= 0.6 is 0 Å². The molecule has 1 fully saturated rings. The molecule has 6 nitrogen and oxygen atoms in total. The first kappa shape index (κ1) is 17.3. The molecule has 1 spiro atoms. The maximum absolute atomic E-state index is 12.6. The van der Waals surface area contributed by atoms with Crippen LogP contribution in [0.5, 0.6) is 0 Å². The number of para-hydroxylation sites is 1. The summed E-state index contributed by atoms with van der Waals surface area (Å²) in [6.45, 7) is 3.06. The molecule has 0 bridgehead atoms. The van der Waals surface area contributed by atoms with E-state index in [0.717, 1.165) is 16.8 Å². The third-order valence-corrected chi connectivity index (χ3v) is 5.20. The van der Waals surface area contributed by atoms with Gasteiger partial charge in [-0.05, 0) is 18.6 Å². The van der Waals surface area contributed by atoms with Gasteiger partial charge in [0, 0.05) is 37.2 Å². The van der Waals surface area contributed by atoms with Crippen LogP contribution < -0.4 is 10.6 Å². The summed E-state index contributed by atoms with van der Waals surface area (Å²) >= 11 is 0. The van der Waals surface area contributed by atoms with Crippen LogP contribution in [0.4, 0.5) is 10.5 Å². The zero-order chi connectivity index (χ0) is 18.9. The summed E-state index contributed by atoms with van der Waals surface area (Å²) in [6, 6.07) is 17.1. The lowest BCUT2D eigenvalue weighted by molar-refractivity contribution is -0.115. The van der Waals surface area contributed by atoms with Crippen molar-refractivity contribution in [3.05, 3.63) is 65.7 Å². The molecule has 2 aromatic rings. The Kier molecular flexibility index (Phi) is 4.39. The smallest absolute Gasteiger partial charge is 0.321 e. The molecule has 4 rings (SSSR count). The monoisotopic (exact) mass is 362 g/mol. The molecule has 0 aliphatic carbocycles. The Morgan fingerprint density at radius 1 is 1.07 bits per heavy atom. The van der Waals surface area contributed by atoms with Crippen LogP contribution in [0.25, 0.3) is 0 Å². The van der Waals surface area contributed by atoms with Crippen molar-refractivity contribution in [1.29, 1.82) is 0 Å². The normalized spacial score (nSPS) is 18.2. The summed E-state index contributed by atoms with van der Waals surface area (Å²) < 4.78 is 0. The number of hydrogen-bond acceptors (Lipinski definition) is 3. The minimum absolute atomic E-state index is 0.115. The molecule has 27 heavy (non-hydrogen) atoms. The van der Waals surface area contributed by atoms with E-state index < -0.39 is 5.66 Å². The molecule has 0 saturated carbocycles. The van der Waals surface area contributed by atoms with Crippen LogP contribution in [0, 0.1) is 6.92 Å². The number of amides is 3. The summed E-state index contributed by atoms with van der Waals surface area (Å²) in [4.78, 5) is 31.5. The van der Waals surface area contributed by atoms with Gasteiger partial charge in [-0.3, -0.25) is 9.79 Å². The Morgan fingerprint density at radius 3 is 2.44 bits per heavy atom. The average Bonchev–Trinajstić information content (AvgIpc) is 3.00. The van der Waals surface area contributed by atoms with E-state index in [0.29, 0.717) is 31.6 Å². The van der Waals surface area contributed by atoms with Gasteiger partial charge in [-0.15, -0.1) is 0 Å². The lowest BCUT2D eigenvalue weighted by atomic mass is 9.98. The summed E-state index contributed by atoms with van der Waals surface area (Å²) in [5, 5.41) is 6.00. The molecule has 0 unspecified atom stereocenters. The molecule has 1 saturated heterocycles. The maximum Gasteiger partial charge on any atom is 0.321 e. The molecule has 3 amide bonds. The van der Waals surface area contributed by atoms with Crippen LogP contribution in [0.1, 0.15) is 24.0 Å². The number of carbonyl (C=O) groups is 2. The zero-order valence-corrected chi connectivity index (χ0v) is 15.2. The number of aliphatic imine (C=N–C) groups is 1. The molecule has 0 aromatic heterocycles.